The molecule has 0 atom stereocenters. The van der Waals surface area contributed by atoms with Crippen molar-refractivity contribution >= 4 is 146 Å². The summed E-state index contributed by atoms with van der Waals surface area (Å²) < 4.78 is 20.1. The Morgan fingerprint density at radius 2 is 0.745 bits per heavy atom. The van der Waals surface area contributed by atoms with Gasteiger partial charge in [0, 0.05) is 99.4 Å². The third-order valence-corrected chi connectivity index (χ3v) is 27.0. The number of rotatable bonds is 5. The minimum absolute atomic E-state index is 0.0471. The fourth-order valence-corrected chi connectivity index (χ4v) is 21.4. The van der Waals surface area contributed by atoms with Gasteiger partial charge in [-0.2, -0.15) is 0 Å². The van der Waals surface area contributed by atoms with E-state index in [-0.39, 0.29) is 45.9 Å². The molecule has 8 heterocycles. The van der Waals surface area contributed by atoms with E-state index in [4.69, 9.17) is 8.83 Å². The van der Waals surface area contributed by atoms with Crippen LogP contribution in [0.4, 0.5) is 34.1 Å². The molecule has 0 radical (unpaired) electrons. The Labute approximate surface area is 646 Å². The molecule has 0 fully saturated rings. The van der Waals surface area contributed by atoms with E-state index in [1.54, 1.807) is 0 Å². The maximum Gasteiger partial charge on any atom is 0.252 e. The Bertz CT molecular complexity index is 6870. The summed E-state index contributed by atoms with van der Waals surface area (Å²) in [4.78, 5) is 5.26. The van der Waals surface area contributed by atoms with Gasteiger partial charge in [-0.05, 0) is 189 Å². The molecule has 0 N–H and O–H groups in total. The molecule has 110 heavy (non-hydrogen) atoms. The fourth-order valence-electron chi connectivity index (χ4n) is 21.4. The van der Waals surface area contributed by atoms with Gasteiger partial charge in [0.1, 0.15) is 11.2 Å². The SMILES string of the molecule is CC(C)(C)c1ccc2c(c1)N(c1cccc3c1oc1ccccc13)c1cc(C(C)(C)Cc3cc4c5c(c3)c3c(n5-c5cc(C(C)(C)C)cc6c5B4c4ccc(C(C)(C)C)cc4N6c4cccc5c4oc4cc(C(C)(C)C)ccc45)-c4ccccc4C3(C)C)cc3c1B2c1cccc2c4c(n-3c12)-c1ccccc1C4(C)C. The number of fused-ring (bicyclic) bond motifs is 24. The molecule has 0 spiro atoms. The van der Waals surface area contributed by atoms with Crippen LogP contribution in [-0.4, -0.2) is 22.6 Å². The highest BCUT2D eigenvalue weighted by atomic mass is 16.3. The van der Waals surface area contributed by atoms with Crippen LogP contribution >= 0.6 is 0 Å². The zero-order valence-corrected chi connectivity index (χ0v) is 66.8. The number of anilines is 6. The van der Waals surface area contributed by atoms with Gasteiger partial charge < -0.3 is 27.8 Å². The van der Waals surface area contributed by atoms with Crippen LogP contribution in [0.25, 0.3) is 99.6 Å². The molecule has 8 heteroatoms. The molecule has 0 saturated heterocycles. The second-order valence-corrected chi connectivity index (χ2v) is 39.0. The lowest BCUT2D eigenvalue weighted by atomic mass is 9.33. The van der Waals surface area contributed by atoms with Crippen molar-refractivity contribution in [3.63, 3.8) is 0 Å². The van der Waals surface area contributed by atoms with Crippen LogP contribution in [0.15, 0.2) is 227 Å². The smallest absolute Gasteiger partial charge is 0.252 e. The van der Waals surface area contributed by atoms with Crippen molar-refractivity contribution in [2.24, 2.45) is 0 Å². The van der Waals surface area contributed by atoms with Crippen LogP contribution in [0.1, 0.15) is 180 Å². The average molecular weight is 1430 g/mol. The minimum Gasteiger partial charge on any atom is -0.454 e. The summed E-state index contributed by atoms with van der Waals surface area (Å²) in [5, 5.41) is 7.18. The standard InChI is InChI=1S/C102H92B2N4O2/c1-96(2,3)57-41-44-72-78(48-57)106(76-37-26-31-64-62-28-21-24-39-84(62)109-94(64)76)81-52-61(53-83-88(81)103(72)74-36-25-33-68-86-92(107(83)90(68)74)66-29-19-22-34-70(66)101(86,15)16)100(13,14)55-56-46-69-87-93(67-30-20-23-35-71(67)102(87,17)18)108-82-51-60(99(10,11)12)50-80-89(82)104(75(47-56)91(69)108)73-45-42-58(97(4,5)6)49-79(73)105(80)77-38-27-32-65-63-43-40-59(98(7,8)9)54-85(63)110-95(65)77/h19-54H,55H2,1-18H3. The lowest BCUT2D eigenvalue weighted by molar-refractivity contribution is 0.522. The predicted molar refractivity (Wildman–Crippen MR) is 466 cm³/mol. The second-order valence-electron chi connectivity index (χ2n) is 39.0. The Morgan fingerprint density at radius 3 is 1.32 bits per heavy atom. The van der Waals surface area contributed by atoms with Gasteiger partial charge in [-0.3, -0.25) is 0 Å². The van der Waals surface area contributed by atoms with E-state index in [2.05, 4.69) is 362 Å². The first-order valence-corrected chi connectivity index (χ1v) is 40.1. The van der Waals surface area contributed by atoms with Gasteiger partial charge in [-0.25, -0.2) is 0 Å². The molecule has 6 nitrogen and oxygen atoms in total. The molecular weight excluding hydrogens is 1330 g/mol. The zero-order valence-electron chi connectivity index (χ0n) is 66.8. The molecule has 22 rings (SSSR count). The summed E-state index contributed by atoms with van der Waals surface area (Å²) in [6, 6.07) is 85.6. The van der Waals surface area contributed by atoms with Crippen LogP contribution in [-0.2, 0) is 44.3 Å². The number of para-hydroxylation sites is 4. The summed E-state index contributed by atoms with van der Waals surface area (Å²) in [6.07, 6.45) is 0.767. The highest BCUT2D eigenvalue weighted by Gasteiger charge is 2.52. The van der Waals surface area contributed by atoms with Gasteiger partial charge in [0.05, 0.1) is 22.8 Å². The highest BCUT2D eigenvalue weighted by molar-refractivity contribution is 7.01. The summed E-state index contributed by atoms with van der Waals surface area (Å²) >= 11 is 0. The van der Waals surface area contributed by atoms with Gasteiger partial charge in [-0.15, -0.1) is 0 Å². The largest absolute Gasteiger partial charge is 0.454 e. The first kappa shape index (κ1) is 66.1. The molecule has 2 aliphatic carbocycles. The Hall–Kier alpha value is -11.0. The normalized spacial score (nSPS) is 15.5. The van der Waals surface area contributed by atoms with Crippen molar-refractivity contribution in [2.45, 2.75) is 169 Å². The molecule has 0 saturated carbocycles. The summed E-state index contributed by atoms with van der Waals surface area (Å²) in [7, 11) is 0. The van der Waals surface area contributed by atoms with Gasteiger partial charge in [0.2, 0.25) is 0 Å². The number of furan rings is 2. The van der Waals surface area contributed by atoms with E-state index in [0.29, 0.717) is 0 Å². The van der Waals surface area contributed by atoms with Crippen molar-refractivity contribution in [2.75, 3.05) is 9.80 Å². The minimum atomic E-state index is -0.457. The Balaban J connectivity index is 0.816. The zero-order chi connectivity index (χ0) is 75.6. The maximum atomic E-state index is 7.36. The first-order chi connectivity index (χ1) is 52.4. The highest BCUT2D eigenvalue weighted by Crippen LogP contribution is 2.59. The molecule has 6 aliphatic rings. The third kappa shape index (κ3) is 8.63. The first-order valence-electron chi connectivity index (χ1n) is 40.1. The lowest BCUT2D eigenvalue weighted by Gasteiger charge is -2.42. The second kappa shape index (κ2) is 21.3. The van der Waals surface area contributed by atoms with Crippen molar-refractivity contribution in [3.05, 3.63) is 274 Å². The summed E-state index contributed by atoms with van der Waals surface area (Å²) in [5.74, 6) is 0. The summed E-state index contributed by atoms with van der Waals surface area (Å²) in [6.45, 7) is 43.0. The number of aromatic nitrogens is 2. The average Bonchev–Trinajstić information content (AvgIpc) is 1.48. The van der Waals surface area contributed by atoms with Crippen LogP contribution < -0.4 is 42.6 Å². The number of hydrogen-bond donors (Lipinski definition) is 0. The Morgan fingerprint density at radius 1 is 0.318 bits per heavy atom. The van der Waals surface area contributed by atoms with Crippen LogP contribution in [0.2, 0.25) is 0 Å². The molecule has 0 amide bonds. The van der Waals surface area contributed by atoms with Crippen LogP contribution in [0.5, 0.6) is 0 Å². The molecule has 0 bridgehead atoms. The van der Waals surface area contributed by atoms with Gasteiger partial charge in [0.15, 0.2) is 11.2 Å². The number of benzene rings is 12. The van der Waals surface area contributed by atoms with E-state index >= 15 is 0 Å². The fraction of sp³-hybridized carbons (Fsp3) is 0.255. The molecule has 16 aromatic rings. The topological polar surface area (TPSA) is 42.6 Å². The van der Waals surface area contributed by atoms with Crippen molar-refractivity contribution in [1.82, 2.24) is 9.13 Å². The van der Waals surface area contributed by atoms with Crippen molar-refractivity contribution < 1.29 is 8.83 Å². The number of nitrogens with zero attached hydrogens (tertiary/aromatic N) is 4. The molecule has 538 valence electrons. The lowest BCUT2D eigenvalue weighted by Crippen LogP contribution is -2.61. The molecule has 4 aliphatic heterocycles. The monoisotopic (exact) mass is 1430 g/mol. The third-order valence-electron chi connectivity index (χ3n) is 27.0. The van der Waals surface area contributed by atoms with E-state index < -0.39 is 5.41 Å². The van der Waals surface area contributed by atoms with Crippen LogP contribution in [0.3, 0.4) is 0 Å². The molecule has 4 aromatic heterocycles. The van der Waals surface area contributed by atoms with E-state index in [1.807, 2.05) is 0 Å². The summed E-state index contributed by atoms with van der Waals surface area (Å²) in [5.41, 5.74) is 40.7. The molecule has 12 aromatic carbocycles. The van der Waals surface area contributed by atoms with E-state index in [9.17, 15) is 0 Å². The predicted octanol–water partition coefficient (Wildman–Crippen LogP) is 22.9. The van der Waals surface area contributed by atoms with Gasteiger partial charge in [0.25, 0.3) is 13.4 Å². The van der Waals surface area contributed by atoms with Crippen LogP contribution in [0, 0.1) is 0 Å². The quantitative estimate of drug-likeness (QED) is 0.161. The Kier molecular flexibility index (Phi) is 12.8. The van der Waals surface area contributed by atoms with Crippen molar-refractivity contribution in [3.8, 4) is 33.9 Å². The van der Waals surface area contributed by atoms with Gasteiger partial charge >= 0.3 is 0 Å². The van der Waals surface area contributed by atoms with E-state index in [1.165, 1.54) is 167 Å². The number of hydrogen-bond acceptors (Lipinski definition) is 4. The van der Waals surface area contributed by atoms with Crippen molar-refractivity contribution in [1.29, 1.82) is 0 Å². The molecule has 0 unspecified atom stereocenters. The maximum absolute atomic E-state index is 7.36. The van der Waals surface area contributed by atoms with E-state index in [0.717, 1.165) is 61.7 Å². The molecular formula is C102H92B2N4O2. The van der Waals surface area contributed by atoms with Gasteiger partial charge in [-0.1, -0.05) is 276 Å².